The Morgan fingerprint density at radius 2 is 1.86 bits per heavy atom. The molecule has 1 aliphatic rings. The molecule has 1 aromatic carbocycles. The molecule has 3 rings (SSSR count). The number of halogens is 3. The van der Waals surface area contributed by atoms with Crippen molar-refractivity contribution in [2.45, 2.75) is 71.1 Å². The molecular weight excluding hydrogens is 475 g/mol. The van der Waals surface area contributed by atoms with Crippen molar-refractivity contribution in [3.05, 3.63) is 34.8 Å². The molecule has 1 amide bonds. The number of hydrogen-bond acceptors (Lipinski definition) is 7. The first kappa shape index (κ1) is 29.1. The number of fused-ring (bicyclic) bond motifs is 1. The maximum absolute atomic E-state index is 13.0. The minimum Gasteiger partial charge on any atom is -0.408 e. The van der Waals surface area contributed by atoms with Gasteiger partial charge < -0.3 is 20.0 Å². The van der Waals surface area contributed by atoms with E-state index in [0.717, 1.165) is 5.92 Å². The number of para-hydroxylation sites is 1. The number of aromatic nitrogens is 1. The standard InChI is InChI=1S/C21H24F3N5O3.C4H10/c1-2-15(26-17-14-5-3-4-6-16(14)32-19(31)27-17)18(30)28-20(13-25)7-10-29(11-8-20)12-9-21(22,23)24;1-4(2)3/h3-6,15H,2,7-12H2,1H3,(H,28,30)(H,26,27,31);4H,1-3H3. The molecule has 1 aliphatic heterocycles. The van der Waals surface area contributed by atoms with Gasteiger partial charge in [0.05, 0.1) is 17.9 Å². The number of carbonyl (C=O) groups excluding carboxylic acids is 1. The number of nitriles is 1. The van der Waals surface area contributed by atoms with E-state index in [9.17, 15) is 28.0 Å². The molecule has 1 saturated heterocycles. The molecule has 8 nitrogen and oxygen atoms in total. The number of anilines is 1. The van der Waals surface area contributed by atoms with Gasteiger partial charge in [0.15, 0.2) is 0 Å². The van der Waals surface area contributed by atoms with E-state index in [0.29, 0.717) is 17.4 Å². The van der Waals surface area contributed by atoms with Crippen LogP contribution in [0.15, 0.2) is 33.5 Å². The summed E-state index contributed by atoms with van der Waals surface area (Å²) in [6, 6.07) is 8.12. The summed E-state index contributed by atoms with van der Waals surface area (Å²) < 4.78 is 42.4. The lowest BCUT2D eigenvalue weighted by atomic mass is 9.88. The number of piperidine rings is 1. The lowest BCUT2D eigenvalue weighted by Crippen LogP contribution is -2.57. The largest absolute Gasteiger partial charge is 0.441 e. The average Bonchev–Trinajstić information content (AvgIpc) is 2.81. The van der Waals surface area contributed by atoms with Gasteiger partial charge in [0.1, 0.15) is 23.0 Å². The fourth-order valence-electron chi connectivity index (χ4n) is 3.68. The van der Waals surface area contributed by atoms with Gasteiger partial charge in [-0.1, -0.05) is 39.8 Å². The van der Waals surface area contributed by atoms with Gasteiger partial charge >= 0.3 is 11.9 Å². The monoisotopic (exact) mass is 509 g/mol. The van der Waals surface area contributed by atoms with Gasteiger partial charge in [-0.05, 0) is 37.3 Å². The molecule has 1 fully saturated rings. The molecule has 0 spiro atoms. The number of hydrogen-bond donors (Lipinski definition) is 2. The molecule has 1 unspecified atom stereocenters. The van der Waals surface area contributed by atoms with Gasteiger partial charge in [-0.15, -0.1) is 0 Å². The van der Waals surface area contributed by atoms with Crippen molar-refractivity contribution in [2.24, 2.45) is 5.92 Å². The van der Waals surface area contributed by atoms with Crippen LogP contribution in [-0.4, -0.2) is 53.2 Å². The molecule has 0 radical (unpaired) electrons. The Morgan fingerprint density at radius 3 is 2.42 bits per heavy atom. The molecule has 0 aliphatic carbocycles. The van der Waals surface area contributed by atoms with Crippen molar-refractivity contribution in [1.29, 1.82) is 5.26 Å². The highest BCUT2D eigenvalue weighted by molar-refractivity contribution is 5.91. The zero-order valence-electron chi connectivity index (χ0n) is 21.1. The van der Waals surface area contributed by atoms with Crippen LogP contribution in [0.4, 0.5) is 19.0 Å². The van der Waals surface area contributed by atoms with Gasteiger partial charge in [0.2, 0.25) is 5.91 Å². The number of amides is 1. The highest BCUT2D eigenvalue weighted by Gasteiger charge is 2.38. The first-order valence-corrected chi connectivity index (χ1v) is 12.1. The summed E-state index contributed by atoms with van der Waals surface area (Å²) in [5.74, 6) is -0.218. The SMILES string of the molecule is CC(C)C.CCC(Nc1nc(=O)oc2ccccc12)C(=O)NC1(C#N)CCN(CCC(F)(F)F)CC1. The number of benzene rings is 1. The van der Waals surface area contributed by atoms with Crippen LogP contribution in [0.5, 0.6) is 0 Å². The maximum atomic E-state index is 13.0. The summed E-state index contributed by atoms with van der Waals surface area (Å²) in [5.41, 5.74) is -0.837. The number of nitrogens with zero attached hydrogens (tertiary/aromatic N) is 3. The van der Waals surface area contributed by atoms with Gasteiger partial charge in [-0.2, -0.15) is 23.4 Å². The fraction of sp³-hybridized carbons (Fsp3) is 0.600. The molecular formula is C25H34F3N5O3. The number of rotatable bonds is 7. The number of likely N-dealkylation sites (tertiary alicyclic amines) is 1. The van der Waals surface area contributed by atoms with E-state index >= 15 is 0 Å². The summed E-state index contributed by atoms with van der Waals surface area (Å²) >= 11 is 0. The van der Waals surface area contributed by atoms with Gasteiger partial charge in [-0.3, -0.25) is 4.79 Å². The van der Waals surface area contributed by atoms with Gasteiger partial charge in [-0.25, -0.2) is 4.79 Å². The van der Waals surface area contributed by atoms with Crippen molar-refractivity contribution in [1.82, 2.24) is 15.2 Å². The summed E-state index contributed by atoms with van der Waals surface area (Å²) in [6.07, 6.45) is -4.35. The van der Waals surface area contributed by atoms with Crippen molar-refractivity contribution >= 4 is 22.7 Å². The molecule has 198 valence electrons. The summed E-state index contributed by atoms with van der Waals surface area (Å²) in [7, 11) is 0. The van der Waals surface area contributed by atoms with Gasteiger partial charge in [0.25, 0.3) is 0 Å². The summed E-state index contributed by atoms with van der Waals surface area (Å²) in [5, 5.41) is 16.0. The van der Waals surface area contributed by atoms with E-state index in [4.69, 9.17) is 4.42 Å². The van der Waals surface area contributed by atoms with Crippen LogP contribution < -0.4 is 16.4 Å². The average molecular weight is 510 g/mol. The van der Waals surface area contributed by atoms with Crippen LogP contribution in [0.2, 0.25) is 0 Å². The molecule has 2 heterocycles. The van der Waals surface area contributed by atoms with Crippen LogP contribution in [-0.2, 0) is 4.79 Å². The minimum absolute atomic E-state index is 0.132. The Morgan fingerprint density at radius 1 is 1.25 bits per heavy atom. The van der Waals surface area contributed by atoms with Crippen LogP contribution in [0.1, 0.15) is 53.4 Å². The number of nitrogens with one attached hydrogen (secondary N) is 2. The first-order valence-electron chi connectivity index (χ1n) is 12.1. The Balaban J connectivity index is 0.00000106. The van der Waals surface area contributed by atoms with E-state index in [1.54, 1.807) is 36.1 Å². The van der Waals surface area contributed by atoms with Crippen LogP contribution in [0, 0.1) is 17.2 Å². The van der Waals surface area contributed by atoms with Crippen molar-refractivity contribution in [2.75, 3.05) is 25.0 Å². The third-order valence-corrected chi connectivity index (χ3v) is 5.58. The zero-order valence-corrected chi connectivity index (χ0v) is 21.1. The molecule has 36 heavy (non-hydrogen) atoms. The van der Waals surface area contributed by atoms with E-state index < -0.39 is 35.8 Å². The van der Waals surface area contributed by atoms with E-state index in [2.05, 4.69) is 42.5 Å². The third-order valence-electron chi connectivity index (χ3n) is 5.58. The van der Waals surface area contributed by atoms with E-state index in [-0.39, 0.29) is 38.3 Å². The second kappa shape index (κ2) is 12.7. The molecule has 11 heteroatoms. The quantitative estimate of drug-likeness (QED) is 0.567. The highest BCUT2D eigenvalue weighted by Crippen LogP contribution is 2.26. The topological polar surface area (TPSA) is 111 Å². The maximum Gasteiger partial charge on any atom is 0.441 e. The Labute approximate surface area is 208 Å². The molecule has 2 N–H and O–H groups in total. The van der Waals surface area contributed by atoms with E-state index in [1.807, 2.05) is 0 Å². The van der Waals surface area contributed by atoms with Crippen LogP contribution in [0.25, 0.3) is 11.0 Å². The Kier molecular flexibility index (Phi) is 10.3. The highest BCUT2D eigenvalue weighted by atomic mass is 19.4. The number of alkyl halides is 3. The predicted molar refractivity (Wildman–Crippen MR) is 131 cm³/mol. The Bertz CT molecular complexity index is 1100. The third kappa shape index (κ3) is 8.82. The minimum atomic E-state index is -4.23. The lowest BCUT2D eigenvalue weighted by Gasteiger charge is -2.38. The molecule has 1 aromatic heterocycles. The molecule has 0 bridgehead atoms. The van der Waals surface area contributed by atoms with Crippen molar-refractivity contribution in [3.8, 4) is 6.07 Å². The second-order valence-corrected chi connectivity index (χ2v) is 9.55. The fourth-order valence-corrected chi connectivity index (χ4v) is 3.68. The predicted octanol–water partition coefficient (Wildman–Crippen LogP) is 4.47. The van der Waals surface area contributed by atoms with Crippen molar-refractivity contribution < 1.29 is 22.4 Å². The lowest BCUT2D eigenvalue weighted by molar-refractivity contribution is -0.138. The molecule has 0 saturated carbocycles. The zero-order chi connectivity index (χ0) is 26.9. The summed E-state index contributed by atoms with van der Waals surface area (Å²) in [4.78, 5) is 30.2. The van der Waals surface area contributed by atoms with Crippen LogP contribution in [0.3, 0.4) is 0 Å². The van der Waals surface area contributed by atoms with Crippen molar-refractivity contribution in [3.63, 3.8) is 0 Å². The second-order valence-electron chi connectivity index (χ2n) is 9.55. The van der Waals surface area contributed by atoms with Crippen LogP contribution >= 0.6 is 0 Å². The Hall–Kier alpha value is -3.13. The first-order chi connectivity index (χ1) is 16.9. The smallest absolute Gasteiger partial charge is 0.408 e. The molecule has 1 atom stereocenters. The normalized spacial score (nSPS) is 16.5. The van der Waals surface area contributed by atoms with E-state index in [1.165, 1.54) is 0 Å². The van der Waals surface area contributed by atoms with Gasteiger partial charge in [0, 0.05) is 19.6 Å². The number of carbonyl (C=O) groups is 1. The summed E-state index contributed by atoms with van der Waals surface area (Å²) in [6.45, 7) is 8.69. The molecule has 2 aromatic rings.